The number of hydrogen-bond donors (Lipinski definition) is 1. The van der Waals surface area contributed by atoms with Crippen LogP contribution in [0.5, 0.6) is 0 Å². The van der Waals surface area contributed by atoms with Gasteiger partial charge in [0.1, 0.15) is 0 Å². The lowest BCUT2D eigenvalue weighted by Gasteiger charge is -2.39. The maximum absolute atomic E-state index is 12.2. The van der Waals surface area contributed by atoms with Crippen LogP contribution in [0, 0.1) is 5.92 Å². The fourth-order valence-electron chi connectivity index (χ4n) is 2.40. The van der Waals surface area contributed by atoms with Crippen LogP contribution >= 0.6 is 0 Å². The Morgan fingerprint density at radius 1 is 1.42 bits per heavy atom. The molecule has 104 valence electrons. The standard InChI is InChI=1S/C15H22N2O2/c1-12(14-6-4-3-5-7-14)16(2)15(19)10-17-8-13(9-17)11-18/h3-7,12-13,18H,8-11H2,1-2H3. The molecule has 0 bridgehead atoms. The quantitative estimate of drug-likeness (QED) is 0.865. The zero-order chi connectivity index (χ0) is 13.8. The lowest BCUT2D eigenvalue weighted by molar-refractivity contribution is -0.135. The first-order valence-corrected chi connectivity index (χ1v) is 6.75. The Morgan fingerprint density at radius 2 is 2.05 bits per heavy atom. The third kappa shape index (κ3) is 3.33. The molecule has 1 aliphatic rings. The zero-order valence-electron chi connectivity index (χ0n) is 11.6. The Morgan fingerprint density at radius 3 is 2.63 bits per heavy atom. The maximum atomic E-state index is 12.2. The first-order valence-electron chi connectivity index (χ1n) is 6.75. The fourth-order valence-corrected chi connectivity index (χ4v) is 2.40. The number of likely N-dealkylation sites (N-methyl/N-ethyl adjacent to an activating group) is 1. The van der Waals surface area contributed by atoms with Gasteiger partial charge < -0.3 is 10.0 Å². The molecule has 2 rings (SSSR count). The summed E-state index contributed by atoms with van der Waals surface area (Å²) in [6, 6.07) is 10.1. The van der Waals surface area contributed by atoms with Crippen LogP contribution in [0.2, 0.25) is 0 Å². The molecule has 1 aliphatic heterocycles. The third-order valence-electron chi connectivity index (χ3n) is 3.91. The fraction of sp³-hybridized carbons (Fsp3) is 0.533. The van der Waals surface area contributed by atoms with Crippen LogP contribution in [0.25, 0.3) is 0 Å². The highest BCUT2D eigenvalue weighted by Crippen LogP contribution is 2.20. The minimum absolute atomic E-state index is 0.0867. The van der Waals surface area contributed by atoms with Crippen molar-refractivity contribution < 1.29 is 9.90 Å². The number of nitrogens with zero attached hydrogens (tertiary/aromatic N) is 2. The van der Waals surface area contributed by atoms with E-state index in [0.29, 0.717) is 12.5 Å². The van der Waals surface area contributed by atoms with Crippen LogP contribution < -0.4 is 0 Å². The molecule has 4 heteroatoms. The highest BCUT2D eigenvalue weighted by atomic mass is 16.3. The molecule has 1 fully saturated rings. The summed E-state index contributed by atoms with van der Waals surface area (Å²) in [6.45, 7) is 4.37. The van der Waals surface area contributed by atoms with Crippen LogP contribution in [0.4, 0.5) is 0 Å². The molecular formula is C15H22N2O2. The lowest BCUT2D eigenvalue weighted by Crippen LogP contribution is -2.52. The monoisotopic (exact) mass is 262 g/mol. The van der Waals surface area contributed by atoms with Crippen LogP contribution in [-0.2, 0) is 4.79 Å². The average Bonchev–Trinajstić information content (AvgIpc) is 2.41. The second kappa shape index (κ2) is 6.17. The van der Waals surface area contributed by atoms with Gasteiger partial charge in [-0.15, -0.1) is 0 Å². The normalized spacial score (nSPS) is 17.8. The van der Waals surface area contributed by atoms with Gasteiger partial charge in [-0.05, 0) is 12.5 Å². The van der Waals surface area contributed by atoms with E-state index in [1.165, 1.54) is 0 Å². The maximum Gasteiger partial charge on any atom is 0.236 e. The number of aliphatic hydroxyl groups is 1. The molecule has 0 aliphatic carbocycles. The van der Waals surface area contributed by atoms with E-state index < -0.39 is 0 Å². The molecule has 1 aromatic rings. The average molecular weight is 262 g/mol. The summed E-state index contributed by atoms with van der Waals surface area (Å²) in [4.78, 5) is 16.1. The van der Waals surface area contributed by atoms with Crippen molar-refractivity contribution in [2.45, 2.75) is 13.0 Å². The van der Waals surface area contributed by atoms with Crippen molar-refractivity contribution >= 4 is 5.91 Å². The molecule has 0 saturated carbocycles. The predicted molar refractivity (Wildman–Crippen MR) is 74.6 cm³/mol. The smallest absolute Gasteiger partial charge is 0.236 e. The van der Waals surface area contributed by atoms with Gasteiger partial charge in [0.2, 0.25) is 5.91 Å². The Kier molecular flexibility index (Phi) is 4.56. The minimum Gasteiger partial charge on any atom is -0.396 e. The molecule has 1 atom stereocenters. The van der Waals surface area contributed by atoms with E-state index >= 15 is 0 Å². The van der Waals surface area contributed by atoms with Crippen molar-refractivity contribution in [3.8, 4) is 0 Å². The van der Waals surface area contributed by atoms with Crippen molar-refractivity contribution in [3.63, 3.8) is 0 Å². The summed E-state index contributed by atoms with van der Waals surface area (Å²) in [6.07, 6.45) is 0. The Balaban J connectivity index is 1.85. The van der Waals surface area contributed by atoms with E-state index in [9.17, 15) is 4.79 Å². The van der Waals surface area contributed by atoms with Crippen molar-refractivity contribution in [2.24, 2.45) is 5.92 Å². The lowest BCUT2D eigenvalue weighted by atomic mass is 10.0. The molecule has 4 nitrogen and oxygen atoms in total. The van der Waals surface area contributed by atoms with Crippen molar-refractivity contribution in [2.75, 3.05) is 33.3 Å². The van der Waals surface area contributed by atoms with Gasteiger partial charge in [-0.25, -0.2) is 0 Å². The summed E-state index contributed by atoms with van der Waals surface area (Å²) in [7, 11) is 1.85. The molecule has 1 amide bonds. The van der Waals surface area contributed by atoms with Crippen LogP contribution in [0.15, 0.2) is 30.3 Å². The summed E-state index contributed by atoms with van der Waals surface area (Å²) in [5, 5.41) is 8.96. The number of carbonyl (C=O) groups excluding carboxylic acids is 1. The topological polar surface area (TPSA) is 43.8 Å². The van der Waals surface area contributed by atoms with Gasteiger partial charge in [0.15, 0.2) is 0 Å². The van der Waals surface area contributed by atoms with E-state index in [2.05, 4.69) is 4.90 Å². The molecular weight excluding hydrogens is 240 g/mol. The second-order valence-corrected chi connectivity index (χ2v) is 5.33. The van der Waals surface area contributed by atoms with Crippen molar-refractivity contribution in [3.05, 3.63) is 35.9 Å². The molecule has 1 heterocycles. The number of hydrogen-bond acceptors (Lipinski definition) is 3. The largest absolute Gasteiger partial charge is 0.396 e. The molecule has 1 saturated heterocycles. The van der Waals surface area contributed by atoms with Crippen LogP contribution in [-0.4, -0.2) is 54.1 Å². The first-order chi connectivity index (χ1) is 9.11. The van der Waals surface area contributed by atoms with Crippen molar-refractivity contribution in [1.29, 1.82) is 0 Å². The number of amides is 1. The van der Waals surface area contributed by atoms with Gasteiger partial charge in [0.05, 0.1) is 12.6 Å². The van der Waals surface area contributed by atoms with Gasteiger partial charge >= 0.3 is 0 Å². The highest BCUT2D eigenvalue weighted by Gasteiger charge is 2.29. The van der Waals surface area contributed by atoms with Gasteiger partial charge in [0.25, 0.3) is 0 Å². The van der Waals surface area contributed by atoms with E-state index in [1.807, 2.05) is 44.3 Å². The number of likely N-dealkylation sites (tertiary alicyclic amines) is 1. The highest BCUT2D eigenvalue weighted by molar-refractivity contribution is 5.78. The van der Waals surface area contributed by atoms with Crippen LogP contribution in [0.3, 0.4) is 0 Å². The molecule has 1 unspecified atom stereocenters. The van der Waals surface area contributed by atoms with E-state index in [0.717, 1.165) is 18.7 Å². The predicted octanol–water partition coefficient (Wildman–Crippen LogP) is 1.13. The van der Waals surface area contributed by atoms with Gasteiger partial charge in [-0.2, -0.15) is 0 Å². The van der Waals surface area contributed by atoms with Gasteiger partial charge in [0, 0.05) is 32.7 Å². The Bertz CT molecular complexity index is 415. The number of aliphatic hydroxyl groups excluding tert-OH is 1. The Hall–Kier alpha value is -1.39. The molecule has 1 aromatic carbocycles. The number of carbonyl (C=O) groups is 1. The third-order valence-corrected chi connectivity index (χ3v) is 3.91. The number of benzene rings is 1. The molecule has 0 radical (unpaired) electrons. The van der Waals surface area contributed by atoms with Crippen molar-refractivity contribution in [1.82, 2.24) is 9.80 Å². The molecule has 1 N–H and O–H groups in total. The van der Waals surface area contributed by atoms with Gasteiger partial charge in [-0.1, -0.05) is 30.3 Å². The molecule has 0 aromatic heterocycles. The zero-order valence-corrected chi connectivity index (χ0v) is 11.6. The summed E-state index contributed by atoms with van der Waals surface area (Å²) in [5.41, 5.74) is 1.15. The van der Waals surface area contributed by atoms with E-state index in [1.54, 1.807) is 4.90 Å². The first kappa shape index (κ1) is 14.0. The van der Waals surface area contributed by atoms with E-state index in [4.69, 9.17) is 5.11 Å². The van der Waals surface area contributed by atoms with E-state index in [-0.39, 0.29) is 18.6 Å². The Labute approximate surface area is 114 Å². The SMILES string of the molecule is CC(c1ccccc1)N(C)C(=O)CN1CC(CO)C1. The number of rotatable bonds is 5. The van der Waals surface area contributed by atoms with Crippen LogP contribution in [0.1, 0.15) is 18.5 Å². The summed E-state index contributed by atoms with van der Waals surface area (Å²) >= 11 is 0. The summed E-state index contributed by atoms with van der Waals surface area (Å²) < 4.78 is 0. The summed E-state index contributed by atoms with van der Waals surface area (Å²) in [5.74, 6) is 0.484. The van der Waals surface area contributed by atoms with Gasteiger partial charge in [-0.3, -0.25) is 9.69 Å². The second-order valence-electron chi connectivity index (χ2n) is 5.33. The molecule has 19 heavy (non-hydrogen) atoms. The minimum atomic E-state index is 0.0867. The molecule has 0 spiro atoms.